The van der Waals surface area contributed by atoms with Crippen molar-refractivity contribution in [2.75, 3.05) is 12.0 Å². The highest BCUT2D eigenvalue weighted by atomic mass is 32.2. The summed E-state index contributed by atoms with van der Waals surface area (Å²) in [4.78, 5) is 0. The van der Waals surface area contributed by atoms with Crippen molar-refractivity contribution in [2.24, 2.45) is 0 Å². The van der Waals surface area contributed by atoms with Crippen molar-refractivity contribution in [3.63, 3.8) is 0 Å². The van der Waals surface area contributed by atoms with Gasteiger partial charge in [-0.25, -0.2) is 0 Å². The van der Waals surface area contributed by atoms with Crippen molar-refractivity contribution in [2.45, 2.75) is 53.2 Å². The van der Waals surface area contributed by atoms with E-state index in [0.29, 0.717) is 6.04 Å². The first kappa shape index (κ1) is 15.4. The van der Waals surface area contributed by atoms with Crippen LogP contribution in [-0.2, 0) is 23.9 Å². The Kier molecular flexibility index (Phi) is 6.09. The molecule has 0 aliphatic carbocycles. The van der Waals surface area contributed by atoms with Crippen molar-refractivity contribution >= 4 is 10.8 Å². The summed E-state index contributed by atoms with van der Waals surface area (Å²) in [5, 5.41) is 3.51. The lowest BCUT2D eigenvalue weighted by molar-refractivity contribution is 0.533. The zero-order chi connectivity index (χ0) is 13.7. The smallest absolute Gasteiger partial charge is 0.0246 e. The van der Waals surface area contributed by atoms with Crippen molar-refractivity contribution in [1.29, 1.82) is 0 Å². The summed E-state index contributed by atoms with van der Waals surface area (Å²) in [5.74, 6) is 0.780. The maximum atomic E-state index is 11.0. The second kappa shape index (κ2) is 7.10. The molecule has 0 amide bonds. The van der Waals surface area contributed by atoms with Gasteiger partial charge < -0.3 is 9.88 Å². The topological polar surface area (TPSA) is 34.0 Å². The molecule has 1 rings (SSSR count). The van der Waals surface area contributed by atoms with Crippen LogP contribution in [0.2, 0.25) is 0 Å². The van der Waals surface area contributed by atoms with Crippen LogP contribution in [0.15, 0.2) is 6.07 Å². The van der Waals surface area contributed by atoms with Gasteiger partial charge in [0.05, 0.1) is 0 Å². The molecule has 0 radical (unpaired) electrons. The quantitative estimate of drug-likeness (QED) is 0.825. The third kappa shape index (κ3) is 4.25. The average molecular weight is 270 g/mol. The largest absolute Gasteiger partial charge is 0.349 e. The van der Waals surface area contributed by atoms with Gasteiger partial charge in [0.1, 0.15) is 0 Å². The molecule has 2 unspecified atom stereocenters. The summed E-state index contributed by atoms with van der Waals surface area (Å²) in [5.41, 5.74) is 4.06. The molecular weight excluding hydrogens is 244 g/mol. The first-order chi connectivity index (χ1) is 8.45. The van der Waals surface area contributed by atoms with E-state index in [4.69, 9.17) is 0 Å². The molecule has 0 fully saturated rings. The van der Waals surface area contributed by atoms with E-state index in [-0.39, 0.29) is 0 Å². The van der Waals surface area contributed by atoms with Crippen LogP contribution >= 0.6 is 0 Å². The van der Waals surface area contributed by atoms with Crippen LogP contribution < -0.4 is 5.32 Å². The lowest BCUT2D eigenvalue weighted by atomic mass is 10.2. The summed E-state index contributed by atoms with van der Waals surface area (Å²) in [6.45, 7) is 10.6. The van der Waals surface area contributed by atoms with Gasteiger partial charge >= 0.3 is 0 Å². The van der Waals surface area contributed by atoms with Crippen molar-refractivity contribution in [3.8, 4) is 0 Å². The Bertz CT molecular complexity index is 412. The first-order valence-corrected chi connectivity index (χ1v) is 8.37. The maximum absolute atomic E-state index is 11.0. The van der Waals surface area contributed by atoms with Gasteiger partial charge in [-0.05, 0) is 45.7 Å². The Labute approximate surface area is 113 Å². The molecule has 0 aromatic carbocycles. The van der Waals surface area contributed by atoms with Crippen molar-refractivity contribution in [3.05, 3.63) is 23.0 Å². The van der Waals surface area contributed by atoms with Crippen LogP contribution in [0.25, 0.3) is 0 Å². The normalized spacial score (nSPS) is 14.7. The second-order valence-corrected chi connectivity index (χ2v) is 6.54. The molecule has 2 atom stereocenters. The molecule has 18 heavy (non-hydrogen) atoms. The van der Waals surface area contributed by atoms with E-state index in [1.807, 2.05) is 0 Å². The van der Waals surface area contributed by atoms with Gasteiger partial charge in [-0.2, -0.15) is 0 Å². The molecule has 104 valence electrons. The number of hydrogen-bond acceptors (Lipinski definition) is 2. The highest BCUT2D eigenvalue weighted by Gasteiger charge is 2.09. The molecule has 0 bridgehead atoms. The summed E-state index contributed by atoms with van der Waals surface area (Å²) in [6.07, 6.45) is 2.73. The number of aryl methyl sites for hydroxylation is 1. The summed E-state index contributed by atoms with van der Waals surface area (Å²) < 4.78 is 13.4. The minimum Gasteiger partial charge on any atom is -0.349 e. The Hall–Kier alpha value is -0.610. The van der Waals surface area contributed by atoms with Crippen LogP contribution in [0.5, 0.6) is 0 Å². The lowest BCUT2D eigenvalue weighted by Crippen LogP contribution is -2.27. The third-order valence-corrected chi connectivity index (χ3v) is 4.28. The van der Waals surface area contributed by atoms with Gasteiger partial charge in [0.2, 0.25) is 0 Å². The molecule has 1 heterocycles. The SMILES string of the molecule is CCn1c(C)cc(CNC(C)CCS(C)=O)c1C. The van der Waals surface area contributed by atoms with E-state index in [2.05, 4.69) is 43.6 Å². The first-order valence-electron chi connectivity index (χ1n) is 6.64. The van der Waals surface area contributed by atoms with Crippen LogP contribution in [0.4, 0.5) is 0 Å². The summed E-state index contributed by atoms with van der Waals surface area (Å²) in [6, 6.07) is 2.68. The molecule has 1 aromatic rings. The van der Waals surface area contributed by atoms with E-state index < -0.39 is 10.8 Å². The Morgan fingerprint density at radius 1 is 1.44 bits per heavy atom. The van der Waals surface area contributed by atoms with Crippen molar-refractivity contribution in [1.82, 2.24) is 9.88 Å². The zero-order valence-corrected chi connectivity index (χ0v) is 13.1. The van der Waals surface area contributed by atoms with E-state index in [9.17, 15) is 4.21 Å². The molecule has 0 aliphatic rings. The van der Waals surface area contributed by atoms with Gasteiger partial charge in [0, 0.05) is 53.3 Å². The van der Waals surface area contributed by atoms with E-state index in [1.165, 1.54) is 17.0 Å². The molecule has 0 aliphatic heterocycles. The summed E-state index contributed by atoms with van der Waals surface area (Å²) in [7, 11) is -0.684. The molecule has 0 saturated heterocycles. The van der Waals surface area contributed by atoms with Crippen LogP contribution in [0.3, 0.4) is 0 Å². The highest BCUT2D eigenvalue weighted by Crippen LogP contribution is 2.14. The molecular formula is C14H26N2OS. The average Bonchev–Trinajstić information content (AvgIpc) is 2.58. The van der Waals surface area contributed by atoms with Crippen LogP contribution in [-0.4, -0.2) is 26.8 Å². The van der Waals surface area contributed by atoms with Gasteiger partial charge in [-0.15, -0.1) is 0 Å². The lowest BCUT2D eigenvalue weighted by Gasteiger charge is -2.13. The van der Waals surface area contributed by atoms with Gasteiger partial charge in [-0.1, -0.05) is 0 Å². The Balaban J connectivity index is 2.51. The second-order valence-electron chi connectivity index (χ2n) is 4.99. The molecule has 0 spiro atoms. The predicted molar refractivity (Wildman–Crippen MR) is 79.4 cm³/mol. The molecule has 3 nitrogen and oxygen atoms in total. The number of aromatic nitrogens is 1. The van der Waals surface area contributed by atoms with E-state index >= 15 is 0 Å². The predicted octanol–water partition coefficient (Wildman–Crippen LogP) is 2.37. The van der Waals surface area contributed by atoms with Crippen LogP contribution in [0, 0.1) is 13.8 Å². The zero-order valence-electron chi connectivity index (χ0n) is 12.2. The monoisotopic (exact) mass is 270 g/mol. The Morgan fingerprint density at radius 2 is 2.11 bits per heavy atom. The number of nitrogens with zero attached hydrogens (tertiary/aromatic N) is 1. The third-order valence-electron chi connectivity index (χ3n) is 3.47. The highest BCUT2D eigenvalue weighted by molar-refractivity contribution is 7.84. The Morgan fingerprint density at radius 3 is 2.61 bits per heavy atom. The van der Waals surface area contributed by atoms with Gasteiger partial charge in [0.15, 0.2) is 0 Å². The standard InChI is InChI=1S/C14H26N2OS/c1-6-16-12(3)9-14(13(16)4)10-15-11(2)7-8-18(5)17/h9,11,15H,6-8,10H2,1-5H3. The van der Waals surface area contributed by atoms with E-state index in [1.54, 1.807) is 6.26 Å². The number of hydrogen-bond donors (Lipinski definition) is 1. The fourth-order valence-corrected chi connectivity index (χ4v) is 2.95. The summed E-state index contributed by atoms with van der Waals surface area (Å²) >= 11 is 0. The molecule has 1 aromatic heterocycles. The van der Waals surface area contributed by atoms with Crippen molar-refractivity contribution < 1.29 is 4.21 Å². The molecule has 4 heteroatoms. The minimum absolute atomic E-state index is 0.415. The fraction of sp³-hybridized carbons (Fsp3) is 0.714. The number of nitrogens with one attached hydrogen (secondary N) is 1. The molecule has 1 N–H and O–H groups in total. The van der Waals surface area contributed by atoms with Gasteiger partial charge in [0.25, 0.3) is 0 Å². The van der Waals surface area contributed by atoms with E-state index in [0.717, 1.165) is 25.3 Å². The van der Waals surface area contributed by atoms with Gasteiger partial charge in [-0.3, -0.25) is 4.21 Å². The van der Waals surface area contributed by atoms with Crippen LogP contribution in [0.1, 0.15) is 37.2 Å². The fourth-order valence-electron chi connectivity index (χ4n) is 2.27. The maximum Gasteiger partial charge on any atom is 0.0246 e. The number of rotatable bonds is 7. The minimum atomic E-state index is -0.684. The molecule has 0 saturated carbocycles.